The summed E-state index contributed by atoms with van der Waals surface area (Å²) in [6.07, 6.45) is 2.50. The molecule has 0 unspecified atom stereocenters. The van der Waals surface area contributed by atoms with E-state index in [4.69, 9.17) is 10.0 Å². The van der Waals surface area contributed by atoms with Crippen molar-refractivity contribution >= 4 is 24.2 Å². The van der Waals surface area contributed by atoms with Gasteiger partial charge in [0.2, 0.25) is 5.95 Å². The van der Waals surface area contributed by atoms with E-state index in [9.17, 15) is 4.39 Å². The summed E-state index contributed by atoms with van der Waals surface area (Å²) in [6.45, 7) is 0. The summed E-state index contributed by atoms with van der Waals surface area (Å²) in [6, 6.07) is 6.12. The lowest BCUT2D eigenvalue weighted by molar-refractivity contribution is 0.425. The third kappa shape index (κ3) is 2.77. The number of nitrogens with one attached hydrogen (secondary N) is 1. The zero-order valence-electron chi connectivity index (χ0n) is 8.71. The van der Waals surface area contributed by atoms with Crippen LogP contribution in [0.1, 0.15) is 0 Å². The van der Waals surface area contributed by atoms with Crippen LogP contribution in [-0.2, 0) is 0 Å². The van der Waals surface area contributed by atoms with Crippen molar-refractivity contribution in [1.29, 1.82) is 0 Å². The van der Waals surface area contributed by atoms with Crippen LogP contribution in [0.3, 0.4) is 0 Å². The van der Waals surface area contributed by atoms with E-state index in [2.05, 4.69) is 15.3 Å². The van der Waals surface area contributed by atoms with Gasteiger partial charge in [0.25, 0.3) is 0 Å². The number of para-hydroxylation sites is 1. The summed E-state index contributed by atoms with van der Waals surface area (Å²) < 4.78 is 13.3. The van der Waals surface area contributed by atoms with Crippen LogP contribution >= 0.6 is 0 Å². The zero-order chi connectivity index (χ0) is 12.3. The van der Waals surface area contributed by atoms with Crippen LogP contribution < -0.4 is 10.8 Å². The molecule has 0 saturated heterocycles. The molecule has 1 aromatic heterocycles. The van der Waals surface area contributed by atoms with Gasteiger partial charge in [-0.1, -0.05) is 12.1 Å². The Labute approximate surface area is 97.1 Å². The maximum atomic E-state index is 13.3. The highest BCUT2D eigenvalue weighted by molar-refractivity contribution is 6.58. The second-order valence-electron chi connectivity index (χ2n) is 3.32. The van der Waals surface area contributed by atoms with Gasteiger partial charge in [0.1, 0.15) is 5.82 Å². The number of anilines is 2. The summed E-state index contributed by atoms with van der Waals surface area (Å²) in [7, 11) is -1.61. The normalized spacial score (nSPS) is 10.1. The highest BCUT2D eigenvalue weighted by atomic mass is 19.1. The Morgan fingerprint density at radius 2 is 1.76 bits per heavy atom. The average Bonchev–Trinajstić information content (AvgIpc) is 2.33. The first kappa shape index (κ1) is 11.5. The van der Waals surface area contributed by atoms with Crippen molar-refractivity contribution in [2.45, 2.75) is 0 Å². The van der Waals surface area contributed by atoms with E-state index in [-0.39, 0.29) is 17.1 Å². The molecule has 0 aliphatic rings. The molecule has 0 atom stereocenters. The predicted molar refractivity (Wildman–Crippen MR) is 61.5 cm³/mol. The SMILES string of the molecule is OB(O)c1cnc(Nc2ccccc2F)nc1. The molecule has 5 nitrogen and oxygen atoms in total. The number of benzene rings is 1. The number of hydrogen-bond donors (Lipinski definition) is 3. The van der Waals surface area contributed by atoms with Crippen molar-refractivity contribution in [2.75, 3.05) is 5.32 Å². The van der Waals surface area contributed by atoms with E-state index in [1.54, 1.807) is 18.2 Å². The Kier molecular flexibility index (Phi) is 3.31. The first-order valence-electron chi connectivity index (χ1n) is 4.86. The van der Waals surface area contributed by atoms with Crippen LogP contribution in [0.2, 0.25) is 0 Å². The molecule has 2 rings (SSSR count). The Hall–Kier alpha value is -1.99. The minimum Gasteiger partial charge on any atom is -0.423 e. The molecule has 0 spiro atoms. The lowest BCUT2D eigenvalue weighted by Gasteiger charge is -2.05. The smallest absolute Gasteiger partial charge is 0.423 e. The molecule has 1 heterocycles. The molecule has 0 fully saturated rings. The first-order valence-corrected chi connectivity index (χ1v) is 4.86. The van der Waals surface area contributed by atoms with Crippen molar-refractivity contribution in [3.63, 3.8) is 0 Å². The number of nitrogens with zero attached hydrogens (tertiary/aromatic N) is 2. The maximum absolute atomic E-state index is 13.3. The molecule has 17 heavy (non-hydrogen) atoms. The molecule has 3 N–H and O–H groups in total. The Morgan fingerprint density at radius 1 is 1.12 bits per heavy atom. The van der Waals surface area contributed by atoms with Crippen LogP contribution in [0.15, 0.2) is 36.7 Å². The van der Waals surface area contributed by atoms with Gasteiger partial charge in [0.15, 0.2) is 0 Å². The second kappa shape index (κ2) is 4.90. The van der Waals surface area contributed by atoms with Crippen molar-refractivity contribution < 1.29 is 14.4 Å². The Morgan fingerprint density at radius 3 is 2.35 bits per heavy atom. The minimum absolute atomic E-state index is 0.170. The lowest BCUT2D eigenvalue weighted by atomic mass is 9.83. The highest BCUT2D eigenvalue weighted by Crippen LogP contribution is 2.15. The molecule has 2 aromatic rings. The third-order valence-corrected chi connectivity index (χ3v) is 2.09. The van der Waals surface area contributed by atoms with Gasteiger partial charge in [-0.05, 0) is 12.1 Å². The molecule has 7 heteroatoms. The topological polar surface area (TPSA) is 78.3 Å². The van der Waals surface area contributed by atoms with Crippen LogP contribution in [0, 0.1) is 5.82 Å². The van der Waals surface area contributed by atoms with Crippen molar-refractivity contribution in [2.24, 2.45) is 0 Å². The van der Waals surface area contributed by atoms with E-state index in [0.29, 0.717) is 0 Å². The van der Waals surface area contributed by atoms with Crippen molar-refractivity contribution in [3.05, 3.63) is 42.5 Å². The molecule has 0 amide bonds. The van der Waals surface area contributed by atoms with Crippen LogP contribution in [0.25, 0.3) is 0 Å². The van der Waals surface area contributed by atoms with Gasteiger partial charge in [0, 0.05) is 17.9 Å². The van der Waals surface area contributed by atoms with Gasteiger partial charge in [-0.15, -0.1) is 0 Å². The Bertz CT molecular complexity index is 507. The third-order valence-electron chi connectivity index (χ3n) is 2.09. The fourth-order valence-corrected chi connectivity index (χ4v) is 1.22. The van der Waals surface area contributed by atoms with E-state index in [1.165, 1.54) is 18.5 Å². The van der Waals surface area contributed by atoms with Crippen LogP contribution in [0.4, 0.5) is 16.0 Å². The molecular formula is C10H9BFN3O2. The summed E-state index contributed by atoms with van der Waals surface area (Å²) in [5, 5.41) is 20.4. The molecule has 1 aromatic carbocycles. The quantitative estimate of drug-likeness (QED) is 0.652. The molecule has 0 bridgehead atoms. The fourth-order valence-electron chi connectivity index (χ4n) is 1.22. The standard InChI is InChI=1S/C10H9BFN3O2/c12-8-3-1-2-4-9(8)15-10-13-5-7(6-14-10)11(16)17/h1-6,16-17H,(H,13,14,15). The molecule has 0 radical (unpaired) electrons. The van der Waals surface area contributed by atoms with E-state index in [1.807, 2.05) is 0 Å². The van der Waals surface area contributed by atoms with Crippen LogP contribution in [0.5, 0.6) is 0 Å². The predicted octanol–water partition coefficient (Wildman–Crippen LogP) is 0.0391. The van der Waals surface area contributed by atoms with Gasteiger partial charge in [-0.25, -0.2) is 14.4 Å². The molecule has 86 valence electrons. The Balaban J connectivity index is 2.17. The summed E-state index contributed by atoms with van der Waals surface area (Å²) >= 11 is 0. The number of aromatic nitrogens is 2. The summed E-state index contributed by atoms with van der Waals surface area (Å²) in [5.41, 5.74) is 0.425. The highest BCUT2D eigenvalue weighted by Gasteiger charge is 2.11. The van der Waals surface area contributed by atoms with Gasteiger partial charge >= 0.3 is 7.12 Å². The molecule has 0 aliphatic heterocycles. The fraction of sp³-hybridized carbons (Fsp3) is 0. The summed E-state index contributed by atoms with van der Waals surface area (Å²) in [4.78, 5) is 7.65. The largest absolute Gasteiger partial charge is 0.491 e. The monoisotopic (exact) mass is 233 g/mol. The van der Waals surface area contributed by atoms with E-state index < -0.39 is 12.9 Å². The maximum Gasteiger partial charge on any atom is 0.491 e. The van der Waals surface area contributed by atoms with E-state index >= 15 is 0 Å². The van der Waals surface area contributed by atoms with E-state index in [0.717, 1.165) is 0 Å². The molecule has 0 aliphatic carbocycles. The second-order valence-corrected chi connectivity index (χ2v) is 3.32. The van der Waals surface area contributed by atoms with Crippen molar-refractivity contribution in [1.82, 2.24) is 9.97 Å². The number of rotatable bonds is 3. The minimum atomic E-state index is -1.61. The molecular weight excluding hydrogens is 224 g/mol. The van der Waals surface area contributed by atoms with Gasteiger partial charge in [-0.3, -0.25) is 0 Å². The summed E-state index contributed by atoms with van der Waals surface area (Å²) in [5.74, 6) is -0.234. The zero-order valence-corrected chi connectivity index (χ0v) is 8.71. The van der Waals surface area contributed by atoms with Crippen molar-refractivity contribution in [3.8, 4) is 0 Å². The van der Waals surface area contributed by atoms with Gasteiger partial charge in [0.05, 0.1) is 5.69 Å². The van der Waals surface area contributed by atoms with Gasteiger partial charge < -0.3 is 15.4 Å². The first-order chi connectivity index (χ1) is 8.16. The average molecular weight is 233 g/mol. The molecule has 0 saturated carbocycles. The lowest BCUT2D eigenvalue weighted by Crippen LogP contribution is -2.30. The number of hydrogen-bond acceptors (Lipinski definition) is 5. The van der Waals surface area contributed by atoms with Crippen LogP contribution in [-0.4, -0.2) is 27.1 Å². The number of halogens is 1. The van der Waals surface area contributed by atoms with Gasteiger partial charge in [-0.2, -0.15) is 0 Å².